The van der Waals surface area contributed by atoms with Crippen LogP contribution in [0.25, 0.3) is 22.1 Å². The Labute approximate surface area is 152 Å². The van der Waals surface area contributed by atoms with Gasteiger partial charge in [-0.2, -0.15) is 0 Å². The molecule has 0 aliphatic heterocycles. The van der Waals surface area contributed by atoms with E-state index < -0.39 is 0 Å². The number of carbonyl (C=O) groups excluding carboxylic acids is 1. The van der Waals surface area contributed by atoms with Crippen LogP contribution in [0.4, 0.5) is 0 Å². The van der Waals surface area contributed by atoms with Crippen molar-refractivity contribution in [3.63, 3.8) is 0 Å². The van der Waals surface area contributed by atoms with E-state index in [0.29, 0.717) is 11.6 Å². The zero-order valence-electron chi connectivity index (χ0n) is 14.6. The quantitative estimate of drug-likeness (QED) is 0.441. The van der Waals surface area contributed by atoms with Crippen LogP contribution >= 0.6 is 11.6 Å². The minimum Gasteiger partial charge on any atom is -0.466 e. The van der Waals surface area contributed by atoms with Gasteiger partial charge in [-0.3, -0.25) is 4.79 Å². The predicted molar refractivity (Wildman–Crippen MR) is 101 cm³/mol. The summed E-state index contributed by atoms with van der Waals surface area (Å²) in [5.74, 6) is 0.608. The zero-order chi connectivity index (χ0) is 18.0. The van der Waals surface area contributed by atoms with Gasteiger partial charge in [0, 0.05) is 22.7 Å². The lowest BCUT2D eigenvalue weighted by molar-refractivity contribution is -0.142. The Balaban J connectivity index is 2.27. The van der Waals surface area contributed by atoms with Crippen molar-refractivity contribution in [1.82, 2.24) is 0 Å². The van der Waals surface area contributed by atoms with Crippen molar-refractivity contribution >= 4 is 28.5 Å². The van der Waals surface area contributed by atoms with Crippen LogP contribution in [-0.2, 0) is 16.0 Å². The van der Waals surface area contributed by atoms with Gasteiger partial charge in [0.05, 0.1) is 25.3 Å². The summed E-state index contributed by atoms with van der Waals surface area (Å²) >= 11 is 6.04. The van der Waals surface area contributed by atoms with Gasteiger partial charge in [-0.15, -0.1) is 0 Å². The molecule has 0 bridgehead atoms. The Bertz CT molecular complexity index is 930. The molecule has 0 N–H and O–H groups in total. The van der Waals surface area contributed by atoms with Gasteiger partial charge >= 0.3 is 17.3 Å². The number of aryl methyl sites for hydroxylation is 2. The molecule has 0 fully saturated rings. The Kier molecular flexibility index (Phi) is 5.05. The van der Waals surface area contributed by atoms with E-state index in [2.05, 4.69) is 0 Å². The third kappa shape index (κ3) is 3.67. The van der Waals surface area contributed by atoms with Crippen LogP contribution in [0.5, 0.6) is 0 Å². The first-order valence-corrected chi connectivity index (χ1v) is 8.65. The monoisotopic (exact) mass is 355 g/mol. The summed E-state index contributed by atoms with van der Waals surface area (Å²) in [6, 6.07) is 13.6. The summed E-state index contributed by atoms with van der Waals surface area (Å²) in [5.41, 5.74) is 4.74. The number of ether oxygens (including phenoxy) is 1. The molecule has 0 atom stereocenters. The minimum absolute atomic E-state index is 0.224. The molecular formula is C21H20ClO3+. The summed E-state index contributed by atoms with van der Waals surface area (Å²) in [6.07, 6.45) is 0.224. The van der Waals surface area contributed by atoms with Gasteiger partial charge < -0.3 is 4.74 Å². The second-order valence-corrected chi connectivity index (χ2v) is 6.43. The Morgan fingerprint density at radius 1 is 1.12 bits per heavy atom. The molecule has 0 unspecified atom stereocenters. The lowest BCUT2D eigenvalue weighted by Gasteiger charge is -2.13. The van der Waals surface area contributed by atoms with E-state index >= 15 is 0 Å². The lowest BCUT2D eigenvalue weighted by atomic mass is 9.90. The van der Waals surface area contributed by atoms with Crippen LogP contribution in [0.3, 0.4) is 0 Å². The van der Waals surface area contributed by atoms with E-state index in [4.69, 9.17) is 20.8 Å². The van der Waals surface area contributed by atoms with Gasteiger partial charge in [-0.05, 0) is 48.7 Å². The summed E-state index contributed by atoms with van der Waals surface area (Å²) < 4.78 is 11.1. The molecule has 0 radical (unpaired) electrons. The number of rotatable bonds is 4. The molecule has 128 valence electrons. The maximum absolute atomic E-state index is 12.1. The van der Waals surface area contributed by atoms with Crippen molar-refractivity contribution in [2.24, 2.45) is 0 Å². The van der Waals surface area contributed by atoms with Crippen molar-refractivity contribution in [3.8, 4) is 11.1 Å². The standard InChI is InChI=1S/C21H20ClO3/c1-4-24-20(23)12-18-13(2)11-19-17(10-5-14(3)25-19)21(18)15-6-8-16(22)9-7-15/h5-11H,4,12H2,1-3H3/q+1. The first-order valence-electron chi connectivity index (χ1n) is 8.27. The third-order valence-electron chi connectivity index (χ3n) is 4.18. The Hall–Kier alpha value is -2.39. The molecule has 2 aromatic carbocycles. The fraction of sp³-hybridized carbons (Fsp3) is 0.238. The molecule has 1 aromatic heterocycles. The number of fused-ring (bicyclic) bond motifs is 1. The summed E-state index contributed by atoms with van der Waals surface area (Å²) in [7, 11) is 0. The Morgan fingerprint density at radius 3 is 2.52 bits per heavy atom. The largest absolute Gasteiger partial charge is 0.466 e. The average Bonchev–Trinajstić information content (AvgIpc) is 2.57. The number of hydrogen-bond acceptors (Lipinski definition) is 2. The first-order chi connectivity index (χ1) is 12.0. The summed E-state index contributed by atoms with van der Waals surface area (Å²) in [4.78, 5) is 12.1. The number of esters is 1. The molecule has 0 aliphatic rings. The maximum atomic E-state index is 12.1. The van der Waals surface area contributed by atoms with Crippen LogP contribution in [-0.4, -0.2) is 12.6 Å². The predicted octanol–water partition coefficient (Wildman–Crippen LogP) is 5.76. The van der Waals surface area contributed by atoms with E-state index in [-0.39, 0.29) is 12.4 Å². The highest BCUT2D eigenvalue weighted by Gasteiger charge is 2.21. The third-order valence-corrected chi connectivity index (χ3v) is 4.43. The van der Waals surface area contributed by atoms with E-state index in [9.17, 15) is 4.79 Å². The van der Waals surface area contributed by atoms with Gasteiger partial charge in [-0.25, -0.2) is 4.42 Å². The van der Waals surface area contributed by atoms with Crippen LogP contribution in [0.2, 0.25) is 5.02 Å². The molecule has 3 nitrogen and oxygen atoms in total. The molecule has 25 heavy (non-hydrogen) atoms. The van der Waals surface area contributed by atoms with Gasteiger partial charge in [0.2, 0.25) is 0 Å². The maximum Gasteiger partial charge on any atom is 0.361 e. The van der Waals surface area contributed by atoms with Gasteiger partial charge in [0.15, 0.2) is 0 Å². The second kappa shape index (κ2) is 7.24. The van der Waals surface area contributed by atoms with Gasteiger partial charge in [-0.1, -0.05) is 23.7 Å². The smallest absolute Gasteiger partial charge is 0.361 e. The highest BCUT2D eigenvalue weighted by atomic mass is 35.5. The molecule has 1 heterocycles. The van der Waals surface area contributed by atoms with E-state index in [1.807, 2.05) is 63.2 Å². The number of halogens is 1. The van der Waals surface area contributed by atoms with Crippen LogP contribution < -0.4 is 0 Å². The number of carbonyl (C=O) groups is 1. The van der Waals surface area contributed by atoms with Crippen LogP contribution in [0.15, 0.2) is 46.9 Å². The molecule has 3 rings (SSSR count). The highest BCUT2D eigenvalue weighted by Crippen LogP contribution is 2.36. The van der Waals surface area contributed by atoms with Gasteiger partial charge in [0.1, 0.15) is 0 Å². The molecule has 3 aromatic rings. The molecule has 0 saturated carbocycles. The fourth-order valence-corrected chi connectivity index (χ4v) is 3.16. The van der Waals surface area contributed by atoms with E-state index in [0.717, 1.165) is 39.0 Å². The molecule has 4 heteroatoms. The molecule has 0 spiro atoms. The van der Waals surface area contributed by atoms with Crippen molar-refractivity contribution in [1.29, 1.82) is 0 Å². The van der Waals surface area contributed by atoms with Crippen molar-refractivity contribution in [2.75, 3.05) is 6.61 Å². The number of benzene rings is 2. The Morgan fingerprint density at radius 2 is 1.84 bits per heavy atom. The van der Waals surface area contributed by atoms with E-state index in [1.165, 1.54) is 0 Å². The molecule has 0 amide bonds. The molecular weight excluding hydrogens is 336 g/mol. The zero-order valence-corrected chi connectivity index (χ0v) is 15.3. The molecule has 0 aliphatic carbocycles. The molecule has 0 saturated heterocycles. The van der Waals surface area contributed by atoms with Gasteiger partial charge in [0.25, 0.3) is 0 Å². The van der Waals surface area contributed by atoms with Crippen LogP contribution in [0, 0.1) is 13.8 Å². The average molecular weight is 356 g/mol. The topological polar surface area (TPSA) is 37.6 Å². The summed E-state index contributed by atoms with van der Waals surface area (Å²) in [6.45, 7) is 6.09. The van der Waals surface area contributed by atoms with Crippen molar-refractivity contribution < 1.29 is 13.9 Å². The SMILES string of the molecule is CCOC(=O)Cc1c(C)cc2[o+]c(C)ccc2c1-c1ccc(Cl)cc1. The van der Waals surface area contributed by atoms with Crippen molar-refractivity contribution in [2.45, 2.75) is 27.2 Å². The fourth-order valence-electron chi connectivity index (χ4n) is 3.03. The summed E-state index contributed by atoms with van der Waals surface area (Å²) in [5, 5.41) is 1.64. The highest BCUT2D eigenvalue weighted by molar-refractivity contribution is 6.30. The van der Waals surface area contributed by atoms with E-state index in [1.54, 1.807) is 0 Å². The number of hydrogen-bond donors (Lipinski definition) is 0. The van der Waals surface area contributed by atoms with Crippen molar-refractivity contribution in [3.05, 3.63) is 64.4 Å². The first kappa shape index (κ1) is 17.4. The van der Waals surface area contributed by atoms with Crippen LogP contribution in [0.1, 0.15) is 23.8 Å². The second-order valence-electron chi connectivity index (χ2n) is 5.99. The minimum atomic E-state index is -0.232. The normalized spacial score (nSPS) is 10.9. The lowest BCUT2D eigenvalue weighted by Crippen LogP contribution is -2.10.